The van der Waals surface area contributed by atoms with Gasteiger partial charge < -0.3 is 49.3 Å². The number of pyridine rings is 1. The van der Waals surface area contributed by atoms with Gasteiger partial charge in [-0.05, 0) is 61.8 Å². The maximum atomic E-state index is 13.6. The van der Waals surface area contributed by atoms with E-state index in [0.717, 1.165) is 42.5 Å². The van der Waals surface area contributed by atoms with Crippen molar-refractivity contribution in [1.82, 2.24) is 45.4 Å². The largest absolute Gasteiger partial charge is 0.453 e. The molecule has 3 aliphatic rings. The highest BCUT2D eigenvalue weighted by atomic mass is 16.6. The Bertz CT molecular complexity index is 1960. The number of nitrogens with one attached hydrogen (secondary N) is 4. The van der Waals surface area contributed by atoms with Crippen LogP contribution in [0.3, 0.4) is 0 Å². The standard InChI is InChI=1S/C39H47N9O8/c1-20(2)31(45-38(51)53-5)36(49)47-13-7-9-26(47)33-40-18-24(43-33)22-11-12-28-29(15-22)56-35-30(55-28)16-23(17-42-35)25-19-41-34(44-25)27-10-8-14-48(27)37(50)32(21(3)4)46-39(52)54-6/h11-12,15-21,26-27,31-32H,7-10,13-14H2,1-6H3,(H,40,43)(H,41,44)(H,45,51)(H,46,52). The molecule has 7 rings (SSSR count). The van der Waals surface area contributed by atoms with E-state index in [1.807, 2.05) is 52.0 Å². The first kappa shape index (κ1) is 38.2. The lowest BCUT2D eigenvalue weighted by atomic mass is 10.0. The van der Waals surface area contributed by atoms with Crippen LogP contribution in [0.1, 0.15) is 77.1 Å². The molecule has 2 saturated heterocycles. The number of H-pyrrole nitrogens is 2. The predicted octanol–water partition coefficient (Wildman–Crippen LogP) is 5.85. The van der Waals surface area contributed by atoms with E-state index in [2.05, 4.69) is 35.6 Å². The second-order valence-corrected chi connectivity index (χ2v) is 14.9. The van der Waals surface area contributed by atoms with Gasteiger partial charge in [0.2, 0.25) is 11.8 Å². The lowest BCUT2D eigenvalue weighted by Gasteiger charge is -2.30. The number of carbonyl (C=O) groups is 4. The fourth-order valence-corrected chi connectivity index (χ4v) is 7.48. The number of alkyl carbamates (subject to hydrolysis) is 2. The topological polar surface area (TPSA) is 206 Å². The molecule has 0 spiro atoms. The molecule has 0 aliphatic carbocycles. The van der Waals surface area contributed by atoms with Crippen LogP contribution < -0.4 is 20.1 Å². The summed E-state index contributed by atoms with van der Waals surface area (Å²) in [7, 11) is 2.55. The average Bonchev–Trinajstić information content (AvgIpc) is 4.03. The molecule has 56 heavy (non-hydrogen) atoms. The molecule has 3 aliphatic heterocycles. The van der Waals surface area contributed by atoms with E-state index in [9.17, 15) is 19.2 Å². The minimum Gasteiger partial charge on any atom is -0.453 e. The van der Waals surface area contributed by atoms with Gasteiger partial charge in [0.15, 0.2) is 17.2 Å². The first-order chi connectivity index (χ1) is 26.9. The Morgan fingerprint density at radius 2 is 1.21 bits per heavy atom. The summed E-state index contributed by atoms with van der Waals surface area (Å²) in [6.45, 7) is 8.63. The summed E-state index contributed by atoms with van der Waals surface area (Å²) in [6, 6.07) is 5.39. The Morgan fingerprint density at radius 1 is 0.696 bits per heavy atom. The van der Waals surface area contributed by atoms with Gasteiger partial charge in [-0.2, -0.15) is 0 Å². The molecule has 2 fully saturated rings. The maximum Gasteiger partial charge on any atom is 0.407 e. The molecular formula is C39H47N9O8. The van der Waals surface area contributed by atoms with Gasteiger partial charge in [0, 0.05) is 30.4 Å². The molecule has 0 saturated carbocycles. The number of benzene rings is 1. The number of aromatic nitrogens is 5. The number of rotatable bonds is 10. The Hall–Kier alpha value is -6.13. The van der Waals surface area contributed by atoms with Gasteiger partial charge >= 0.3 is 12.2 Å². The molecule has 17 heteroatoms. The zero-order chi connectivity index (χ0) is 39.7. The second-order valence-electron chi connectivity index (χ2n) is 14.9. The summed E-state index contributed by atoms with van der Waals surface area (Å²) < 4.78 is 22.0. The molecule has 0 bridgehead atoms. The number of fused-ring (bicyclic) bond motifs is 2. The summed E-state index contributed by atoms with van der Waals surface area (Å²) >= 11 is 0. The lowest BCUT2D eigenvalue weighted by molar-refractivity contribution is -0.136. The lowest BCUT2D eigenvalue weighted by Crippen LogP contribution is -2.51. The van der Waals surface area contributed by atoms with E-state index >= 15 is 0 Å². The van der Waals surface area contributed by atoms with Crippen molar-refractivity contribution in [2.75, 3.05) is 27.3 Å². The summed E-state index contributed by atoms with van der Waals surface area (Å²) in [5.41, 5.74) is 2.97. The number of likely N-dealkylation sites (tertiary alicyclic amines) is 2. The molecule has 296 valence electrons. The number of aromatic amines is 2. The van der Waals surface area contributed by atoms with Gasteiger partial charge in [0.25, 0.3) is 5.88 Å². The molecule has 4 amide bonds. The van der Waals surface area contributed by atoms with Crippen molar-refractivity contribution < 1.29 is 38.1 Å². The summed E-state index contributed by atoms with van der Waals surface area (Å²) in [4.78, 5) is 75.2. The van der Waals surface area contributed by atoms with Gasteiger partial charge in [-0.25, -0.2) is 24.5 Å². The molecule has 1 aromatic carbocycles. The van der Waals surface area contributed by atoms with Crippen LogP contribution in [-0.2, 0) is 19.1 Å². The van der Waals surface area contributed by atoms with E-state index in [1.54, 1.807) is 28.4 Å². The fourth-order valence-electron chi connectivity index (χ4n) is 7.48. The van der Waals surface area contributed by atoms with E-state index in [-0.39, 0.29) is 35.7 Å². The monoisotopic (exact) mass is 769 g/mol. The molecule has 4 atom stereocenters. The van der Waals surface area contributed by atoms with Crippen molar-refractivity contribution in [3.05, 3.63) is 54.5 Å². The molecule has 3 aromatic heterocycles. The first-order valence-electron chi connectivity index (χ1n) is 18.9. The molecule has 4 aromatic rings. The summed E-state index contributed by atoms with van der Waals surface area (Å²) in [6.07, 6.45) is 6.89. The third kappa shape index (κ3) is 7.57. The van der Waals surface area contributed by atoms with Gasteiger partial charge in [0.05, 0.1) is 50.1 Å². The summed E-state index contributed by atoms with van der Waals surface area (Å²) in [5.74, 6) is 2.40. The highest BCUT2D eigenvalue weighted by Crippen LogP contribution is 2.46. The molecule has 4 unspecified atom stereocenters. The van der Waals surface area contributed by atoms with Crippen LogP contribution in [0.15, 0.2) is 42.9 Å². The normalized spacial score (nSPS) is 18.4. The van der Waals surface area contributed by atoms with Gasteiger partial charge in [-0.15, -0.1) is 0 Å². The van der Waals surface area contributed by atoms with Gasteiger partial charge in [-0.1, -0.05) is 27.7 Å². The van der Waals surface area contributed by atoms with Crippen molar-refractivity contribution in [3.63, 3.8) is 0 Å². The smallest absolute Gasteiger partial charge is 0.407 e. The summed E-state index contributed by atoms with van der Waals surface area (Å²) in [5, 5.41) is 5.35. The molecule has 6 heterocycles. The van der Waals surface area contributed by atoms with Crippen molar-refractivity contribution in [1.29, 1.82) is 0 Å². The van der Waals surface area contributed by atoms with Crippen LogP contribution >= 0.6 is 0 Å². The van der Waals surface area contributed by atoms with E-state index < -0.39 is 24.3 Å². The number of carbonyl (C=O) groups excluding carboxylic acids is 4. The maximum absolute atomic E-state index is 13.6. The molecular weight excluding hydrogens is 722 g/mol. The van der Waals surface area contributed by atoms with E-state index in [4.69, 9.17) is 18.9 Å². The van der Waals surface area contributed by atoms with Crippen LogP contribution in [0.2, 0.25) is 0 Å². The third-order valence-corrected chi connectivity index (χ3v) is 10.5. The van der Waals surface area contributed by atoms with Gasteiger partial charge in [-0.3, -0.25) is 9.59 Å². The number of methoxy groups -OCH3 is 2. The molecule has 17 nitrogen and oxygen atoms in total. The SMILES string of the molecule is COC(=O)NC(C(=O)N1CCCC1c1ncc(-c2ccc3c(c2)Oc2ncc(-c4cnc(C5CCCN5C(=O)C(NC(=O)OC)C(C)C)[nH]4)cc2O3)[nH]1)C(C)C. The predicted molar refractivity (Wildman–Crippen MR) is 202 cm³/mol. The van der Waals surface area contributed by atoms with Gasteiger partial charge in [0.1, 0.15) is 23.7 Å². The van der Waals surface area contributed by atoms with Crippen LogP contribution in [-0.4, -0.2) is 98.1 Å². The van der Waals surface area contributed by atoms with Crippen molar-refractivity contribution in [2.24, 2.45) is 11.8 Å². The highest BCUT2D eigenvalue weighted by molar-refractivity contribution is 5.87. The van der Waals surface area contributed by atoms with Crippen LogP contribution in [0.5, 0.6) is 23.1 Å². The van der Waals surface area contributed by atoms with E-state index in [1.165, 1.54) is 14.2 Å². The number of hydrogen-bond acceptors (Lipinski definition) is 11. The van der Waals surface area contributed by atoms with Crippen molar-refractivity contribution >= 4 is 24.0 Å². The zero-order valence-electron chi connectivity index (χ0n) is 32.3. The average molecular weight is 770 g/mol. The van der Waals surface area contributed by atoms with Crippen LogP contribution in [0, 0.1) is 11.8 Å². The van der Waals surface area contributed by atoms with E-state index in [0.29, 0.717) is 53.6 Å². The zero-order valence-corrected chi connectivity index (χ0v) is 32.3. The highest BCUT2D eigenvalue weighted by Gasteiger charge is 2.39. The van der Waals surface area contributed by atoms with Crippen molar-refractivity contribution in [2.45, 2.75) is 77.5 Å². The number of nitrogens with zero attached hydrogens (tertiary/aromatic N) is 5. The minimum atomic E-state index is -0.725. The quantitative estimate of drug-likeness (QED) is 0.133. The Balaban J connectivity index is 1.03. The number of amides is 4. The first-order valence-corrected chi connectivity index (χ1v) is 18.9. The van der Waals surface area contributed by atoms with Crippen LogP contribution in [0.4, 0.5) is 9.59 Å². The number of hydrogen-bond donors (Lipinski definition) is 4. The van der Waals surface area contributed by atoms with Crippen molar-refractivity contribution in [3.8, 4) is 45.6 Å². The van der Waals surface area contributed by atoms with Crippen LogP contribution in [0.25, 0.3) is 22.5 Å². The minimum absolute atomic E-state index is 0.133. The Labute approximate surface area is 323 Å². The fraction of sp³-hybridized carbons (Fsp3) is 0.462. The second kappa shape index (κ2) is 15.9. The number of imidazole rings is 2. The Morgan fingerprint density at radius 3 is 1.73 bits per heavy atom. The Kier molecular flexibility index (Phi) is 10.8. The third-order valence-electron chi connectivity index (χ3n) is 10.5. The molecule has 0 radical (unpaired) electrons. The molecule has 4 N–H and O–H groups in total. The number of ether oxygens (including phenoxy) is 4.